The molecular formula is C23H26N4. The Hall–Kier alpha value is -2.88. The number of nitrogens with one attached hydrogen (secondary N) is 1. The Kier molecular flexibility index (Phi) is 4.56. The fourth-order valence-electron chi connectivity index (χ4n) is 3.47. The van der Waals surface area contributed by atoms with Gasteiger partial charge in [-0.25, -0.2) is 4.68 Å². The summed E-state index contributed by atoms with van der Waals surface area (Å²) in [4.78, 5) is 4.40. The lowest BCUT2D eigenvalue weighted by Gasteiger charge is -2.25. The predicted molar refractivity (Wildman–Crippen MR) is 111 cm³/mol. The number of allylic oxidation sites excluding steroid dienone is 1. The number of hydrogen-bond acceptors (Lipinski definition) is 3. The number of nitrogens with zero attached hydrogens (tertiary/aromatic N) is 3. The molecule has 4 rings (SSSR count). The van der Waals surface area contributed by atoms with E-state index in [0.29, 0.717) is 11.8 Å². The molecule has 2 heterocycles. The summed E-state index contributed by atoms with van der Waals surface area (Å²) >= 11 is 0. The molecule has 0 spiro atoms. The molecule has 0 saturated heterocycles. The van der Waals surface area contributed by atoms with Gasteiger partial charge < -0.3 is 5.32 Å². The highest BCUT2D eigenvalue weighted by molar-refractivity contribution is 5.77. The lowest BCUT2D eigenvalue weighted by molar-refractivity contribution is 0.611. The Labute approximate surface area is 161 Å². The van der Waals surface area contributed by atoms with Crippen LogP contribution >= 0.6 is 0 Å². The van der Waals surface area contributed by atoms with Crippen LogP contribution in [0.25, 0.3) is 5.70 Å². The van der Waals surface area contributed by atoms with Crippen LogP contribution in [-0.2, 0) is 0 Å². The SMILES string of the molecule is CC(C)c1ccc(C2=C[C@@H](c3ccc(C(C)C)cc3)n3ncnc3N2)cc1. The van der Waals surface area contributed by atoms with Crippen LogP contribution < -0.4 is 5.32 Å². The van der Waals surface area contributed by atoms with Crippen LogP contribution in [0.5, 0.6) is 0 Å². The summed E-state index contributed by atoms with van der Waals surface area (Å²) in [6, 6.07) is 17.6. The van der Waals surface area contributed by atoms with Crippen molar-refractivity contribution in [1.29, 1.82) is 0 Å². The van der Waals surface area contributed by atoms with Crippen molar-refractivity contribution in [1.82, 2.24) is 14.8 Å². The molecule has 1 N–H and O–H groups in total. The molecule has 0 bridgehead atoms. The van der Waals surface area contributed by atoms with E-state index in [4.69, 9.17) is 0 Å². The van der Waals surface area contributed by atoms with Crippen molar-refractivity contribution in [3.63, 3.8) is 0 Å². The van der Waals surface area contributed by atoms with Gasteiger partial charge in [-0.15, -0.1) is 0 Å². The second-order valence-electron chi connectivity index (χ2n) is 7.78. The minimum absolute atomic E-state index is 0.0322. The van der Waals surface area contributed by atoms with E-state index < -0.39 is 0 Å². The minimum atomic E-state index is 0.0322. The maximum Gasteiger partial charge on any atom is 0.226 e. The summed E-state index contributed by atoms with van der Waals surface area (Å²) in [7, 11) is 0. The summed E-state index contributed by atoms with van der Waals surface area (Å²) in [5, 5.41) is 7.86. The third-order valence-electron chi connectivity index (χ3n) is 5.24. The first-order valence-corrected chi connectivity index (χ1v) is 9.61. The second kappa shape index (κ2) is 7.03. The van der Waals surface area contributed by atoms with E-state index in [1.807, 2.05) is 4.68 Å². The molecule has 2 aromatic carbocycles. The van der Waals surface area contributed by atoms with Crippen molar-refractivity contribution in [2.75, 3.05) is 5.32 Å². The van der Waals surface area contributed by atoms with Gasteiger partial charge in [-0.3, -0.25) is 0 Å². The zero-order chi connectivity index (χ0) is 19.0. The van der Waals surface area contributed by atoms with E-state index >= 15 is 0 Å². The molecule has 1 aromatic heterocycles. The smallest absolute Gasteiger partial charge is 0.226 e. The Morgan fingerprint density at radius 2 is 1.44 bits per heavy atom. The molecule has 0 saturated carbocycles. The van der Waals surface area contributed by atoms with Gasteiger partial charge in [-0.2, -0.15) is 10.1 Å². The highest BCUT2D eigenvalue weighted by Crippen LogP contribution is 2.32. The summed E-state index contributed by atoms with van der Waals surface area (Å²) in [5.74, 6) is 1.83. The molecule has 0 fully saturated rings. The topological polar surface area (TPSA) is 42.7 Å². The molecule has 27 heavy (non-hydrogen) atoms. The lowest BCUT2D eigenvalue weighted by atomic mass is 9.96. The predicted octanol–water partition coefficient (Wildman–Crippen LogP) is 5.58. The van der Waals surface area contributed by atoms with Crippen LogP contribution in [0.1, 0.15) is 67.8 Å². The van der Waals surface area contributed by atoms with Crippen LogP contribution in [0.2, 0.25) is 0 Å². The highest BCUT2D eigenvalue weighted by atomic mass is 15.4. The van der Waals surface area contributed by atoms with Crippen molar-refractivity contribution in [2.45, 2.75) is 45.6 Å². The fraction of sp³-hybridized carbons (Fsp3) is 0.304. The van der Waals surface area contributed by atoms with Gasteiger partial charge in [0.25, 0.3) is 0 Å². The minimum Gasteiger partial charge on any atom is -0.324 e. The second-order valence-corrected chi connectivity index (χ2v) is 7.78. The number of hydrogen-bond donors (Lipinski definition) is 1. The summed E-state index contributed by atoms with van der Waals surface area (Å²) < 4.78 is 1.94. The van der Waals surface area contributed by atoms with E-state index in [2.05, 4.69) is 97.7 Å². The Morgan fingerprint density at radius 1 is 0.852 bits per heavy atom. The first kappa shape index (κ1) is 17.5. The van der Waals surface area contributed by atoms with Crippen molar-refractivity contribution in [3.05, 3.63) is 83.2 Å². The van der Waals surface area contributed by atoms with Crippen LogP contribution in [0, 0.1) is 0 Å². The van der Waals surface area contributed by atoms with Gasteiger partial charge in [0.2, 0.25) is 5.95 Å². The molecular weight excluding hydrogens is 332 g/mol. The normalized spacial score (nSPS) is 16.2. The van der Waals surface area contributed by atoms with Crippen molar-refractivity contribution in [2.24, 2.45) is 0 Å². The summed E-state index contributed by atoms with van der Waals surface area (Å²) in [5.41, 5.74) is 6.14. The van der Waals surface area contributed by atoms with E-state index in [1.165, 1.54) is 16.7 Å². The zero-order valence-corrected chi connectivity index (χ0v) is 16.3. The van der Waals surface area contributed by atoms with Crippen molar-refractivity contribution >= 4 is 11.6 Å². The molecule has 4 heteroatoms. The van der Waals surface area contributed by atoms with Crippen LogP contribution in [0.15, 0.2) is 60.9 Å². The molecule has 3 aromatic rings. The maximum absolute atomic E-state index is 4.44. The average molecular weight is 358 g/mol. The third-order valence-corrected chi connectivity index (χ3v) is 5.24. The number of aromatic nitrogens is 3. The van der Waals surface area contributed by atoms with Crippen LogP contribution in [0.4, 0.5) is 5.95 Å². The summed E-state index contributed by atoms with van der Waals surface area (Å²) in [6.07, 6.45) is 3.84. The molecule has 0 amide bonds. The van der Waals surface area contributed by atoms with Gasteiger partial charge in [-0.05, 0) is 40.2 Å². The lowest BCUT2D eigenvalue weighted by Crippen LogP contribution is -2.20. The van der Waals surface area contributed by atoms with Gasteiger partial charge in [0.1, 0.15) is 12.4 Å². The average Bonchev–Trinajstić information content (AvgIpc) is 3.16. The standard InChI is InChI=1S/C23H26N4/c1-15(2)17-5-9-19(10-6-17)21-13-22(27-23(26-21)24-14-25-27)20-11-7-18(8-12-20)16(3)4/h5-16,22H,1-4H3,(H,24,25,26)/t22-/m0/s1. The molecule has 1 aliphatic heterocycles. The number of anilines is 1. The quantitative estimate of drug-likeness (QED) is 0.662. The van der Waals surface area contributed by atoms with Crippen LogP contribution in [0.3, 0.4) is 0 Å². The van der Waals surface area contributed by atoms with Gasteiger partial charge in [-0.1, -0.05) is 76.2 Å². The van der Waals surface area contributed by atoms with Gasteiger partial charge in [0.05, 0.1) is 0 Å². The van der Waals surface area contributed by atoms with Gasteiger partial charge in [0.15, 0.2) is 0 Å². The number of benzene rings is 2. The largest absolute Gasteiger partial charge is 0.324 e. The molecule has 0 unspecified atom stereocenters. The van der Waals surface area contributed by atoms with Crippen molar-refractivity contribution in [3.8, 4) is 0 Å². The molecule has 138 valence electrons. The monoisotopic (exact) mass is 358 g/mol. The van der Waals surface area contributed by atoms with Crippen LogP contribution in [-0.4, -0.2) is 14.8 Å². The molecule has 0 aliphatic carbocycles. The van der Waals surface area contributed by atoms with E-state index in [-0.39, 0.29) is 6.04 Å². The maximum atomic E-state index is 4.44. The number of fused-ring (bicyclic) bond motifs is 1. The molecule has 0 radical (unpaired) electrons. The fourth-order valence-corrected chi connectivity index (χ4v) is 3.47. The Bertz CT molecular complexity index is 947. The molecule has 1 atom stereocenters. The Morgan fingerprint density at radius 3 is 2.04 bits per heavy atom. The van der Waals surface area contributed by atoms with E-state index in [1.54, 1.807) is 6.33 Å². The molecule has 1 aliphatic rings. The zero-order valence-electron chi connectivity index (χ0n) is 16.3. The number of rotatable bonds is 4. The van der Waals surface area contributed by atoms with E-state index in [9.17, 15) is 0 Å². The molecule has 4 nitrogen and oxygen atoms in total. The third kappa shape index (κ3) is 3.39. The van der Waals surface area contributed by atoms with Crippen molar-refractivity contribution < 1.29 is 0 Å². The van der Waals surface area contributed by atoms with Gasteiger partial charge >= 0.3 is 0 Å². The summed E-state index contributed by atoms with van der Waals surface area (Å²) in [6.45, 7) is 8.86. The van der Waals surface area contributed by atoms with Gasteiger partial charge in [0, 0.05) is 5.70 Å². The highest BCUT2D eigenvalue weighted by Gasteiger charge is 2.23. The Balaban J connectivity index is 1.71. The van der Waals surface area contributed by atoms with E-state index in [0.717, 1.165) is 17.2 Å². The first-order valence-electron chi connectivity index (χ1n) is 9.61. The first-order chi connectivity index (χ1) is 13.0.